The number of halogens is 1. The van der Waals surface area contributed by atoms with Crippen molar-refractivity contribution < 1.29 is 14.9 Å². The van der Waals surface area contributed by atoms with E-state index < -0.39 is 5.60 Å². The Bertz CT molecular complexity index is 1240. The van der Waals surface area contributed by atoms with E-state index in [-0.39, 0.29) is 22.6 Å². The number of aromatic hydroxyl groups is 1. The summed E-state index contributed by atoms with van der Waals surface area (Å²) in [4.78, 5) is 8.43. The minimum Gasteiger partial charge on any atom is -0.502 e. The fourth-order valence-corrected chi connectivity index (χ4v) is 3.95. The number of imidazole rings is 1. The largest absolute Gasteiger partial charge is 0.502 e. The average Bonchev–Trinajstić information content (AvgIpc) is 3.21. The second-order valence-electron chi connectivity index (χ2n) is 7.11. The molecule has 1 aromatic carbocycles. The van der Waals surface area contributed by atoms with E-state index in [9.17, 15) is 15.5 Å². The van der Waals surface area contributed by atoms with Crippen molar-refractivity contribution in [1.82, 2.24) is 14.5 Å². The first-order valence-corrected chi connectivity index (χ1v) is 9.62. The van der Waals surface area contributed by atoms with Gasteiger partial charge in [0.1, 0.15) is 0 Å². The minimum absolute atomic E-state index is 0.0302. The summed E-state index contributed by atoms with van der Waals surface area (Å²) in [5.41, 5.74) is 0.672. The van der Waals surface area contributed by atoms with Gasteiger partial charge in [-0.05, 0) is 29.7 Å². The van der Waals surface area contributed by atoms with Crippen LogP contribution in [0.2, 0.25) is 5.02 Å². The number of allylic oxidation sites excluding steroid dienone is 2. The summed E-state index contributed by atoms with van der Waals surface area (Å²) in [6.07, 6.45) is 9.11. The third-order valence-corrected chi connectivity index (χ3v) is 5.73. The highest BCUT2D eigenvalue weighted by molar-refractivity contribution is 6.37. The Labute approximate surface area is 178 Å². The number of nitrogens with zero attached hydrogens (tertiary/aromatic N) is 4. The molecule has 0 amide bonds. The van der Waals surface area contributed by atoms with Crippen molar-refractivity contribution in [2.24, 2.45) is 13.0 Å². The molecule has 0 spiro atoms. The van der Waals surface area contributed by atoms with Crippen LogP contribution >= 0.6 is 11.6 Å². The number of hydrogen-bond acceptors (Lipinski definition) is 6. The minimum atomic E-state index is -1.55. The highest BCUT2D eigenvalue weighted by Gasteiger charge is 2.38. The predicted octanol–water partition coefficient (Wildman–Crippen LogP) is 3.60. The number of aryl methyl sites for hydroxylation is 1. The molecule has 2 unspecified atom stereocenters. The van der Waals surface area contributed by atoms with Crippen molar-refractivity contribution in [3.05, 3.63) is 70.8 Å². The number of benzene rings is 1. The molecular weight excluding hydrogens is 404 g/mol. The zero-order valence-electron chi connectivity index (χ0n) is 16.4. The number of aromatic nitrogens is 3. The summed E-state index contributed by atoms with van der Waals surface area (Å²) in [5, 5.41) is 32.0. The molecule has 0 fully saturated rings. The molecule has 0 saturated heterocycles. The Balaban J connectivity index is 1.95. The van der Waals surface area contributed by atoms with Crippen molar-refractivity contribution in [2.45, 2.75) is 12.0 Å². The van der Waals surface area contributed by atoms with Gasteiger partial charge in [-0.15, -0.1) is 0 Å². The van der Waals surface area contributed by atoms with Crippen LogP contribution < -0.4 is 4.74 Å². The molecule has 0 saturated carbocycles. The Morgan fingerprint density at radius 2 is 2.20 bits per heavy atom. The molecule has 2 N–H and O–H groups in total. The van der Waals surface area contributed by atoms with Gasteiger partial charge in [0.25, 0.3) is 5.88 Å². The molecule has 30 heavy (non-hydrogen) atoms. The molecule has 1 aliphatic carbocycles. The van der Waals surface area contributed by atoms with Crippen LogP contribution in [0.15, 0.2) is 54.5 Å². The lowest BCUT2D eigenvalue weighted by Crippen LogP contribution is -2.32. The van der Waals surface area contributed by atoms with Crippen LogP contribution in [0.5, 0.6) is 11.6 Å². The van der Waals surface area contributed by atoms with Gasteiger partial charge in [-0.3, -0.25) is 0 Å². The normalized spacial score (nSPS) is 18.0. The van der Waals surface area contributed by atoms with Gasteiger partial charge in [0.15, 0.2) is 11.4 Å². The van der Waals surface area contributed by atoms with Crippen LogP contribution in [0.4, 0.5) is 0 Å². The first kappa shape index (κ1) is 20.0. The number of fused-ring (bicyclic) bond motifs is 1. The first-order chi connectivity index (χ1) is 14.4. The van der Waals surface area contributed by atoms with E-state index in [0.717, 1.165) is 0 Å². The standard InChI is InChI=1S/C22H19ClN4O3/c1-27-12-25-11-18(27)22(29,14-5-3-13(10-24)4-6-14)15-7-8-17-16(9-15)19(23)20(28)21(26-17)30-2/h3,5-9,11-13,28-29H,4H2,1-2H3. The van der Waals surface area contributed by atoms with Crippen molar-refractivity contribution in [3.63, 3.8) is 0 Å². The van der Waals surface area contributed by atoms with Gasteiger partial charge in [-0.1, -0.05) is 35.9 Å². The SMILES string of the molecule is COc1nc2ccc(C(O)(C3=CCC(C#N)C=C3)c3cncn3C)cc2c(Cl)c1O. The van der Waals surface area contributed by atoms with Gasteiger partial charge in [0.05, 0.1) is 47.9 Å². The van der Waals surface area contributed by atoms with Crippen LogP contribution in [0.3, 0.4) is 0 Å². The van der Waals surface area contributed by atoms with Crippen molar-refractivity contribution in [3.8, 4) is 17.7 Å². The lowest BCUT2D eigenvalue weighted by Gasteiger charge is -2.32. The topological polar surface area (TPSA) is 104 Å². The summed E-state index contributed by atoms with van der Waals surface area (Å²) >= 11 is 6.38. The monoisotopic (exact) mass is 422 g/mol. The number of rotatable bonds is 4. The molecule has 1 aliphatic rings. The van der Waals surface area contributed by atoms with Crippen LogP contribution in [-0.2, 0) is 12.6 Å². The quantitative estimate of drug-likeness (QED) is 0.665. The van der Waals surface area contributed by atoms with E-state index in [4.69, 9.17) is 16.3 Å². The fraction of sp³-hybridized carbons (Fsp3) is 0.227. The molecule has 0 aliphatic heterocycles. The van der Waals surface area contributed by atoms with E-state index in [2.05, 4.69) is 16.0 Å². The first-order valence-electron chi connectivity index (χ1n) is 9.24. The number of hydrogen-bond donors (Lipinski definition) is 2. The van der Waals surface area contributed by atoms with Crippen LogP contribution in [0.25, 0.3) is 10.9 Å². The second kappa shape index (κ2) is 7.48. The molecule has 0 bridgehead atoms. The van der Waals surface area contributed by atoms with Gasteiger partial charge < -0.3 is 19.5 Å². The van der Waals surface area contributed by atoms with Gasteiger partial charge in [0, 0.05) is 12.4 Å². The zero-order valence-corrected chi connectivity index (χ0v) is 17.1. The number of ether oxygens (including phenoxy) is 1. The fourth-order valence-electron chi connectivity index (χ4n) is 3.71. The number of pyridine rings is 1. The molecule has 152 valence electrons. The average molecular weight is 423 g/mol. The van der Waals surface area contributed by atoms with Crippen molar-refractivity contribution >= 4 is 22.5 Å². The Kier molecular flexibility index (Phi) is 4.98. The smallest absolute Gasteiger partial charge is 0.258 e. The number of nitriles is 1. The van der Waals surface area contributed by atoms with E-state index in [1.54, 1.807) is 54.5 Å². The lowest BCUT2D eigenvalue weighted by molar-refractivity contribution is 0.116. The third-order valence-electron chi connectivity index (χ3n) is 5.35. The van der Waals surface area contributed by atoms with Crippen LogP contribution in [0, 0.1) is 17.2 Å². The summed E-state index contributed by atoms with van der Waals surface area (Å²) in [6.45, 7) is 0. The van der Waals surface area contributed by atoms with Crippen LogP contribution in [0.1, 0.15) is 17.7 Å². The highest BCUT2D eigenvalue weighted by Crippen LogP contribution is 2.43. The van der Waals surface area contributed by atoms with Gasteiger partial charge in [-0.2, -0.15) is 5.26 Å². The van der Waals surface area contributed by atoms with Crippen molar-refractivity contribution in [2.75, 3.05) is 7.11 Å². The molecule has 0 radical (unpaired) electrons. The second-order valence-corrected chi connectivity index (χ2v) is 7.48. The molecule has 7 nitrogen and oxygen atoms in total. The third kappa shape index (κ3) is 3.02. The van der Waals surface area contributed by atoms with Crippen LogP contribution in [-0.4, -0.2) is 31.9 Å². The molecule has 8 heteroatoms. The number of aliphatic hydroxyl groups is 1. The summed E-state index contributed by atoms with van der Waals surface area (Å²) < 4.78 is 6.81. The Hall–Kier alpha value is -3.34. The maximum absolute atomic E-state index is 12.0. The Morgan fingerprint density at radius 1 is 1.40 bits per heavy atom. The van der Waals surface area contributed by atoms with Gasteiger partial charge in [-0.25, -0.2) is 9.97 Å². The maximum Gasteiger partial charge on any atom is 0.258 e. The molecule has 2 aromatic heterocycles. The van der Waals surface area contributed by atoms with E-state index in [1.807, 2.05) is 6.08 Å². The van der Waals surface area contributed by atoms with E-state index >= 15 is 0 Å². The predicted molar refractivity (Wildman–Crippen MR) is 112 cm³/mol. The van der Waals surface area contributed by atoms with E-state index in [0.29, 0.717) is 34.2 Å². The van der Waals surface area contributed by atoms with Gasteiger partial charge in [0.2, 0.25) is 0 Å². The van der Waals surface area contributed by atoms with Crippen molar-refractivity contribution in [1.29, 1.82) is 5.26 Å². The lowest BCUT2D eigenvalue weighted by atomic mass is 9.79. The maximum atomic E-state index is 12.0. The zero-order chi connectivity index (χ0) is 21.5. The Morgan fingerprint density at radius 3 is 2.80 bits per heavy atom. The highest BCUT2D eigenvalue weighted by atomic mass is 35.5. The summed E-state index contributed by atoms with van der Waals surface area (Å²) in [6, 6.07) is 7.37. The van der Waals surface area contributed by atoms with Gasteiger partial charge >= 0.3 is 0 Å². The van der Waals surface area contributed by atoms with E-state index in [1.165, 1.54) is 7.11 Å². The molecular formula is C22H19ClN4O3. The molecule has 2 atom stereocenters. The summed E-state index contributed by atoms with van der Waals surface area (Å²) in [7, 11) is 3.20. The molecule has 4 rings (SSSR count). The molecule has 3 aromatic rings. The number of methoxy groups -OCH3 is 1. The summed E-state index contributed by atoms with van der Waals surface area (Å²) in [5.74, 6) is -0.464. The molecule has 2 heterocycles.